The number of hydrogen-bond acceptors (Lipinski definition) is 2. The van der Waals surface area contributed by atoms with E-state index >= 15 is 0 Å². The molecule has 0 heterocycles. The first-order chi connectivity index (χ1) is 7.38. The van der Waals surface area contributed by atoms with Crippen molar-refractivity contribution < 1.29 is 13.2 Å². The van der Waals surface area contributed by atoms with Crippen molar-refractivity contribution in [1.82, 2.24) is 10.2 Å². The van der Waals surface area contributed by atoms with Gasteiger partial charge in [0.15, 0.2) is 0 Å². The van der Waals surface area contributed by atoms with Gasteiger partial charge >= 0.3 is 6.18 Å². The summed E-state index contributed by atoms with van der Waals surface area (Å²) in [5.74, 6) is 0.572. The van der Waals surface area contributed by atoms with Gasteiger partial charge in [-0.25, -0.2) is 0 Å². The first-order valence-electron chi connectivity index (χ1n) is 5.90. The van der Waals surface area contributed by atoms with Gasteiger partial charge in [0.25, 0.3) is 0 Å². The molecule has 0 aromatic heterocycles. The van der Waals surface area contributed by atoms with Gasteiger partial charge in [0.05, 0.1) is 6.54 Å². The summed E-state index contributed by atoms with van der Waals surface area (Å²) in [5.41, 5.74) is 0. The Morgan fingerprint density at radius 3 is 2.38 bits per heavy atom. The zero-order valence-electron chi connectivity index (χ0n) is 9.98. The highest BCUT2D eigenvalue weighted by atomic mass is 19.4. The molecule has 1 rings (SSSR count). The largest absolute Gasteiger partial charge is 0.401 e. The molecule has 0 unspecified atom stereocenters. The summed E-state index contributed by atoms with van der Waals surface area (Å²) < 4.78 is 35.7. The van der Waals surface area contributed by atoms with Crippen molar-refractivity contribution in [3.63, 3.8) is 0 Å². The Hall–Kier alpha value is -0.290. The molecule has 0 saturated heterocycles. The van der Waals surface area contributed by atoms with Crippen molar-refractivity contribution in [3.05, 3.63) is 0 Å². The van der Waals surface area contributed by atoms with E-state index in [1.807, 2.05) is 0 Å². The van der Waals surface area contributed by atoms with Crippen LogP contribution in [0.4, 0.5) is 13.2 Å². The van der Waals surface area contributed by atoms with Crippen LogP contribution in [-0.2, 0) is 0 Å². The highest BCUT2D eigenvalue weighted by Gasteiger charge is 2.29. The number of nitrogens with one attached hydrogen (secondary N) is 1. The summed E-state index contributed by atoms with van der Waals surface area (Å²) in [7, 11) is 0. The van der Waals surface area contributed by atoms with Crippen LogP contribution in [0.25, 0.3) is 0 Å². The Labute approximate surface area is 95.2 Å². The van der Waals surface area contributed by atoms with E-state index in [1.54, 1.807) is 0 Å². The summed E-state index contributed by atoms with van der Waals surface area (Å²) in [6, 6.07) is 0.620. The normalized spacial score (nSPS) is 17.4. The molecular weight excluding hydrogens is 217 g/mol. The molecule has 0 spiro atoms. The maximum absolute atomic E-state index is 11.9. The molecule has 2 nitrogen and oxygen atoms in total. The average Bonchev–Trinajstić information content (AvgIpc) is 2.90. The smallest absolute Gasteiger partial charge is 0.307 e. The van der Waals surface area contributed by atoms with E-state index in [0.717, 1.165) is 13.1 Å². The van der Waals surface area contributed by atoms with Crippen molar-refractivity contribution in [3.8, 4) is 0 Å². The Morgan fingerprint density at radius 2 is 1.94 bits per heavy atom. The molecular formula is C11H21F3N2. The zero-order chi connectivity index (χ0) is 12.2. The minimum Gasteiger partial charge on any atom is -0.307 e. The molecule has 0 aromatic rings. The maximum Gasteiger partial charge on any atom is 0.401 e. The second kappa shape index (κ2) is 5.87. The van der Waals surface area contributed by atoms with E-state index < -0.39 is 12.7 Å². The van der Waals surface area contributed by atoms with Crippen molar-refractivity contribution in [1.29, 1.82) is 0 Å². The molecule has 1 saturated carbocycles. The Morgan fingerprint density at radius 1 is 1.31 bits per heavy atom. The first kappa shape index (κ1) is 13.8. The predicted octanol–water partition coefficient (Wildman–Crippen LogP) is 2.26. The van der Waals surface area contributed by atoms with Crippen LogP contribution in [-0.4, -0.2) is 43.3 Å². The molecule has 96 valence electrons. The standard InChI is InChI=1S/C11H21F3N2/c1-9(2)7-16(10-3-4-10)6-5-15-8-11(12,13)14/h9-10,15H,3-8H2,1-2H3. The average molecular weight is 238 g/mol. The highest BCUT2D eigenvalue weighted by molar-refractivity contribution is 4.85. The van der Waals surface area contributed by atoms with Crippen LogP contribution in [0.5, 0.6) is 0 Å². The van der Waals surface area contributed by atoms with E-state index in [2.05, 4.69) is 24.1 Å². The fourth-order valence-corrected chi connectivity index (χ4v) is 1.78. The van der Waals surface area contributed by atoms with Crippen LogP contribution in [0.2, 0.25) is 0 Å². The molecule has 0 amide bonds. The molecule has 0 bridgehead atoms. The number of nitrogens with zero attached hydrogens (tertiary/aromatic N) is 1. The minimum atomic E-state index is -4.09. The van der Waals surface area contributed by atoms with E-state index in [0.29, 0.717) is 18.5 Å². The number of halogens is 3. The van der Waals surface area contributed by atoms with Gasteiger partial charge in [-0.15, -0.1) is 0 Å². The SMILES string of the molecule is CC(C)CN(CCNCC(F)(F)F)C1CC1. The van der Waals surface area contributed by atoms with Gasteiger partial charge in [-0.1, -0.05) is 13.8 Å². The van der Waals surface area contributed by atoms with Gasteiger partial charge in [-0.2, -0.15) is 13.2 Å². The zero-order valence-corrected chi connectivity index (χ0v) is 9.98. The monoisotopic (exact) mass is 238 g/mol. The van der Waals surface area contributed by atoms with Crippen LogP contribution in [0.3, 0.4) is 0 Å². The van der Waals surface area contributed by atoms with E-state index in [-0.39, 0.29) is 0 Å². The minimum absolute atomic E-state index is 0.419. The van der Waals surface area contributed by atoms with E-state index in [4.69, 9.17) is 0 Å². The van der Waals surface area contributed by atoms with Gasteiger partial charge < -0.3 is 5.32 Å². The van der Waals surface area contributed by atoms with Crippen molar-refractivity contribution in [2.24, 2.45) is 5.92 Å². The molecule has 1 aliphatic carbocycles. The molecule has 1 N–H and O–H groups in total. The lowest BCUT2D eigenvalue weighted by Gasteiger charge is -2.24. The molecule has 16 heavy (non-hydrogen) atoms. The fourth-order valence-electron chi connectivity index (χ4n) is 1.78. The second-order valence-corrected chi connectivity index (χ2v) is 4.91. The van der Waals surface area contributed by atoms with Crippen molar-refractivity contribution in [2.75, 3.05) is 26.2 Å². The van der Waals surface area contributed by atoms with Crippen molar-refractivity contribution in [2.45, 2.75) is 38.9 Å². The molecule has 1 fully saturated rings. The summed E-state index contributed by atoms with van der Waals surface area (Å²) in [4.78, 5) is 2.30. The molecule has 0 radical (unpaired) electrons. The second-order valence-electron chi connectivity index (χ2n) is 4.91. The molecule has 0 atom stereocenters. The maximum atomic E-state index is 11.9. The van der Waals surface area contributed by atoms with Gasteiger partial charge in [0, 0.05) is 25.7 Å². The van der Waals surface area contributed by atoms with Crippen LogP contribution < -0.4 is 5.32 Å². The number of hydrogen-bond donors (Lipinski definition) is 1. The number of alkyl halides is 3. The van der Waals surface area contributed by atoms with E-state index in [1.165, 1.54) is 12.8 Å². The van der Waals surface area contributed by atoms with Crippen LogP contribution in [0.15, 0.2) is 0 Å². The van der Waals surface area contributed by atoms with E-state index in [9.17, 15) is 13.2 Å². The number of rotatable bonds is 7. The third kappa shape index (κ3) is 6.33. The summed E-state index contributed by atoms with van der Waals surface area (Å²) in [6.07, 6.45) is -1.69. The van der Waals surface area contributed by atoms with Gasteiger partial charge in [-0.05, 0) is 18.8 Å². The first-order valence-corrected chi connectivity index (χ1v) is 5.90. The third-order valence-corrected chi connectivity index (χ3v) is 2.56. The predicted molar refractivity (Wildman–Crippen MR) is 58.4 cm³/mol. The highest BCUT2D eigenvalue weighted by Crippen LogP contribution is 2.27. The Bertz CT molecular complexity index is 200. The molecule has 0 aliphatic heterocycles. The Kier molecular flexibility index (Phi) is 5.05. The lowest BCUT2D eigenvalue weighted by Crippen LogP contribution is -2.38. The van der Waals surface area contributed by atoms with Gasteiger partial charge in [-0.3, -0.25) is 4.90 Å². The summed E-state index contributed by atoms with van der Waals surface area (Å²) >= 11 is 0. The lowest BCUT2D eigenvalue weighted by atomic mass is 10.2. The quantitative estimate of drug-likeness (QED) is 0.684. The van der Waals surface area contributed by atoms with Crippen LogP contribution in [0.1, 0.15) is 26.7 Å². The summed E-state index contributed by atoms with van der Waals surface area (Å²) in [5, 5.41) is 2.45. The van der Waals surface area contributed by atoms with Crippen molar-refractivity contribution >= 4 is 0 Å². The molecule has 0 aromatic carbocycles. The van der Waals surface area contributed by atoms with Gasteiger partial charge in [0.1, 0.15) is 0 Å². The molecule has 5 heteroatoms. The summed E-state index contributed by atoms with van der Waals surface area (Å²) in [6.45, 7) is 5.52. The van der Waals surface area contributed by atoms with Crippen LogP contribution >= 0.6 is 0 Å². The fraction of sp³-hybridized carbons (Fsp3) is 1.00. The van der Waals surface area contributed by atoms with Gasteiger partial charge in [0.2, 0.25) is 0 Å². The third-order valence-electron chi connectivity index (χ3n) is 2.56. The lowest BCUT2D eigenvalue weighted by molar-refractivity contribution is -0.124. The topological polar surface area (TPSA) is 15.3 Å². The van der Waals surface area contributed by atoms with Crippen LogP contribution in [0, 0.1) is 5.92 Å². The Balaban J connectivity index is 2.13. The molecule has 1 aliphatic rings.